The second-order valence-electron chi connectivity index (χ2n) is 6.13. The molecular formula is C20H23FN2O5S. The van der Waals surface area contributed by atoms with Crippen molar-refractivity contribution in [1.82, 2.24) is 4.31 Å². The highest BCUT2D eigenvalue weighted by Gasteiger charge is 2.22. The number of carbonyl (C=O) groups is 2. The van der Waals surface area contributed by atoms with Crippen molar-refractivity contribution in [2.24, 2.45) is 0 Å². The van der Waals surface area contributed by atoms with Gasteiger partial charge in [-0.15, -0.1) is 0 Å². The fourth-order valence-electron chi connectivity index (χ4n) is 2.65. The van der Waals surface area contributed by atoms with Crippen LogP contribution in [0, 0.1) is 5.82 Å². The number of rotatable bonds is 9. The molecule has 0 aliphatic heterocycles. The van der Waals surface area contributed by atoms with Gasteiger partial charge in [0, 0.05) is 18.8 Å². The summed E-state index contributed by atoms with van der Waals surface area (Å²) in [6, 6.07) is 11.4. The zero-order valence-corrected chi connectivity index (χ0v) is 17.0. The number of esters is 1. The summed E-state index contributed by atoms with van der Waals surface area (Å²) >= 11 is 0. The molecule has 0 aromatic heterocycles. The molecule has 0 saturated heterocycles. The first kappa shape index (κ1) is 22.5. The normalized spacial score (nSPS) is 11.3. The first-order valence-electron chi connectivity index (χ1n) is 9.06. The molecule has 9 heteroatoms. The van der Waals surface area contributed by atoms with E-state index >= 15 is 0 Å². The summed E-state index contributed by atoms with van der Waals surface area (Å²) in [5.74, 6) is -1.76. The summed E-state index contributed by atoms with van der Waals surface area (Å²) in [5, 5.41) is 2.50. The number of benzene rings is 2. The molecule has 1 N–H and O–H groups in total. The van der Waals surface area contributed by atoms with E-state index in [1.165, 1.54) is 46.8 Å². The highest BCUT2D eigenvalue weighted by Crippen LogP contribution is 2.19. The lowest BCUT2D eigenvalue weighted by molar-refractivity contribution is -0.146. The van der Waals surface area contributed by atoms with Crippen molar-refractivity contribution in [2.75, 3.05) is 25.0 Å². The predicted molar refractivity (Wildman–Crippen MR) is 106 cm³/mol. The summed E-state index contributed by atoms with van der Waals surface area (Å²) < 4.78 is 44.4. The summed E-state index contributed by atoms with van der Waals surface area (Å²) in [5.41, 5.74) is 0.703. The first-order chi connectivity index (χ1) is 13.8. The van der Waals surface area contributed by atoms with Gasteiger partial charge in [-0.1, -0.05) is 32.0 Å². The van der Waals surface area contributed by atoms with Crippen LogP contribution in [0.2, 0.25) is 0 Å². The van der Waals surface area contributed by atoms with Crippen LogP contribution >= 0.6 is 0 Å². The number of hydrogen-bond acceptors (Lipinski definition) is 5. The van der Waals surface area contributed by atoms with E-state index in [0.29, 0.717) is 18.7 Å². The van der Waals surface area contributed by atoms with Gasteiger partial charge in [-0.2, -0.15) is 4.31 Å². The Labute approximate surface area is 169 Å². The maximum absolute atomic E-state index is 13.1. The molecule has 0 atom stereocenters. The minimum atomic E-state index is -3.66. The van der Waals surface area contributed by atoms with Crippen molar-refractivity contribution >= 4 is 27.6 Å². The van der Waals surface area contributed by atoms with Crippen LogP contribution in [0.3, 0.4) is 0 Å². The van der Waals surface area contributed by atoms with E-state index in [1.807, 2.05) is 0 Å². The largest absolute Gasteiger partial charge is 0.455 e. The fourth-order valence-corrected chi connectivity index (χ4v) is 4.16. The molecule has 0 radical (unpaired) electrons. The molecule has 2 aromatic rings. The number of carbonyl (C=O) groups excluding carboxylic acids is 2. The second-order valence-corrected chi connectivity index (χ2v) is 8.07. The third-order valence-corrected chi connectivity index (χ3v) is 6.11. The number of nitrogens with zero attached hydrogens (tertiary/aromatic N) is 1. The van der Waals surface area contributed by atoms with Crippen LogP contribution in [0.5, 0.6) is 0 Å². The van der Waals surface area contributed by atoms with Crippen LogP contribution in [0.1, 0.15) is 19.4 Å². The van der Waals surface area contributed by atoms with E-state index in [4.69, 9.17) is 4.74 Å². The molecule has 0 unspecified atom stereocenters. The third-order valence-electron chi connectivity index (χ3n) is 4.06. The Morgan fingerprint density at radius 3 is 2.41 bits per heavy atom. The van der Waals surface area contributed by atoms with E-state index < -0.39 is 34.3 Å². The standard InChI is InChI=1S/C20H23FN2O5S/c1-3-23(4-2)29(26,27)18-10-6-9-17(13-18)22-19(24)14-28-20(25)12-15-7-5-8-16(21)11-15/h5-11,13H,3-4,12,14H2,1-2H3,(H,22,24). The van der Waals surface area contributed by atoms with Crippen LogP contribution in [-0.2, 0) is 30.8 Å². The minimum Gasteiger partial charge on any atom is -0.455 e. The van der Waals surface area contributed by atoms with Gasteiger partial charge in [-0.05, 0) is 35.9 Å². The predicted octanol–water partition coefficient (Wildman–Crippen LogP) is 2.58. The van der Waals surface area contributed by atoms with E-state index in [2.05, 4.69) is 5.32 Å². The van der Waals surface area contributed by atoms with Crippen molar-refractivity contribution in [1.29, 1.82) is 0 Å². The highest BCUT2D eigenvalue weighted by atomic mass is 32.2. The monoisotopic (exact) mass is 422 g/mol. The van der Waals surface area contributed by atoms with Crippen molar-refractivity contribution in [3.63, 3.8) is 0 Å². The lowest BCUT2D eigenvalue weighted by Crippen LogP contribution is -2.30. The number of amides is 1. The molecule has 0 bridgehead atoms. The minimum absolute atomic E-state index is 0.0575. The Kier molecular flexibility index (Phi) is 7.86. The Hall–Kier alpha value is -2.78. The van der Waals surface area contributed by atoms with Crippen LogP contribution in [0.25, 0.3) is 0 Å². The Morgan fingerprint density at radius 1 is 1.07 bits per heavy atom. The molecule has 2 aromatic carbocycles. The molecule has 156 valence electrons. The molecular weight excluding hydrogens is 399 g/mol. The number of anilines is 1. The average molecular weight is 422 g/mol. The van der Waals surface area contributed by atoms with Crippen LogP contribution in [-0.4, -0.2) is 44.3 Å². The van der Waals surface area contributed by atoms with Gasteiger partial charge in [0.2, 0.25) is 10.0 Å². The summed E-state index contributed by atoms with van der Waals surface area (Å²) in [7, 11) is -3.66. The quantitative estimate of drug-likeness (QED) is 0.627. The molecule has 0 aliphatic rings. The molecule has 1 amide bonds. The van der Waals surface area contributed by atoms with Gasteiger partial charge in [0.25, 0.3) is 5.91 Å². The van der Waals surface area contributed by atoms with Gasteiger partial charge in [-0.3, -0.25) is 9.59 Å². The number of halogens is 1. The molecule has 0 heterocycles. The van der Waals surface area contributed by atoms with E-state index in [-0.39, 0.29) is 17.0 Å². The van der Waals surface area contributed by atoms with Gasteiger partial charge in [0.15, 0.2) is 6.61 Å². The van der Waals surface area contributed by atoms with Crippen molar-refractivity contribution in [3.8, 4) is 0 Å². The maximum atomic E-state index is 13.1. The number of sulfonamides is 1. The van der Waals surface area contributed by atoms with Crippen LogP contribution < -0.4 is 5.32 Å². The van der Waals surface area contributed by atoms with Crippen molar-refractivity contribution < 1.29 is 27.1 Å². The second kappa shape index (κ2) is 10.1. The lowest BCUT2D eigenvalue weighted by Gasteiger charge is -2.18. The van der Waals surface area contributed by atoms with E-state index in [1.54, 1.807) is 19.9 Å². The van der Waals surface area contributed by atoms with Crippen LogP contribution in [0.15, 0.2) is 53.4 Å². The summed E-state index contributed by atoms with van der Waals surface area (Å²) in [6.45, 7) is 3.60. The Bertz CT molecular complexity index is 974. The lowest BCUT2D eigenvalue weighted by atomic mass is 10.1. The first-order valence-corrected chi connectivity index (χ1v) is 10.5. The van der Waals surface area contributed by atoms with Gasteiger partial charge >= 0.3 is 5.97 Å². The zero-order chi connectivity index (χ0) is 21.4. The number of nitrogens with one attached hydrogen (secondary N) is 1. The third kappa shape index (κ3) is 6.37. The molecule has 2 rings (SSSR count). The molecule has 7 nitrogen and oxygen atoms in total. The zero-order valence-electron chi connectivity index (χ0n) is 16.2. The molecule has 29 heavy (non-hydrogen) atoms. The molecule has 0 fully saturated rings. The van der Waals surface area contributed by atoms with Crippen molar-refractivity contribution in [3.05, 3.63) is 59.9 Å². The van der Waals surface area contributed by atoms with E-state index in [9.17, 15) is 22.4 Å². The SMILES string of the molecule is CCN(CC)S(=O)(=O)c1cccc(NC(=O)COC(=O)Cc2cccc(F)c2)c1. The molecule has 0 saturated carbocycles. The van der Waals surface area contributed by atoms with Gasteiger partial charge in [0.1, 0.15) is 5.82 Å². The molecule has 0 spiro atoms. The highest BCUT2D eigenvalue weighted by molar-refractivity contribution is 7.89. The summed E-state index contributed by atoms with van der Waals surface area (Å²) in [4.78, 5) is 23.9. The smallest absolute Gasteiger partial charge is 0.310 e. The molecule has 0 aliphatic carbocycles. The van der Waals surface area contributed by atoms with Gasteiger partial charge < -0.3 is 10.1 Å². The maximum Gasteiger partial charge on any atom is 0.310 e. The fraction of sp³-hybridized carbons (Fsp3) is 0.300. The number of ether oxygens (including phenoxy) is 1. The summed E-state index contributed by atoms with van der Waals surface area (Å²) in [6.07, 6.45) is -0.164. The van der Waals surface area contributed by atoms with Gasteiger partial charge in [0.05, 0.1) is 11.3 Å². The average Bonchev–Trinajstić information content (AvgIpc) is 2.67. The topological polar surface area (TPSA) is 92.8 Å². The number of hydrogen-bond donors (Lipinski definition) is 1. The van der Waals surface area contributed by atoms with Gasteiger partial charge in [-0.25, -0.2) is 12.8 Å². The Balaban J connectivity index is 1.95. The van der Waals surface area contributed by atoms with E-state index in [0.717, 1.165) is 0 Å². The van der Waals surface area contributed by atoms with Crippen LogP contribution in [0.4, 0.5) is 10.1 Å². The Morgan fingerprint density at radius 2 is 1.76 bits per heavy atom. The van der Waals surface area contributed by atoms with Crippen molar-refractivity contribution in [2.45, 2.75) is 25.2 Å².